The normalized spacial score (nSPS) is 17.1. The van der Waals surface area contributed by atoms with Gasteiger partial charge in [-0.2, -0.15) is 0 Å². The summed E-state index contributed by atoms with van der Waals surface area (Å²) in [6.07, 6.45) is 1.59. The van der Waals surface area contributed by atoms with Crippen molar-refractivity contribution >= 4 is 17.4 Å². The molecule has 3 aromatic rings. The van der Waals surface area contributed by atoms with E-state index in [0.717, 1.165) is 23.1 Å². The summed E-state index contributed by atoms with van der Waals surface area (Å²) in [5, 5.41) is 10.9. The van der Waals surface area contributed by atoms with Gasteiger partial charge in [0.2, 0.25) is 0 Å². The van der Waals surface area contributed by atoms with Crippen molar-refractivity contribution in [2.45, 2.75) is 32.2 Å². The molecule has 6 nitrogen and oxygen atoms in total. The van der Waals surface area contributed by atoms with Gasteiger partial charge >= 0.3 is 0 Å². The lowest BCUT2D eigenvalue weighted by Gasteiger charge is -2.28. The van der Waals surface area contributed by atoms with E-state index in [4.69, 9.17) is 9.47 Å². The third kappa shape index (κ3) is 4.39. The monoisotopic (exact) mass is 469 g/mol. The Morgan fingerprint density at radius 1 is 0.943 bits per heavy atom. The second kappa shape index (κ2) is 9.66. The Hall–Kier alpha value is -4.06. The number of anilines is 1. The fraction of sp³-hybridized carbons (Fsp3) is 0.241. The van der Waals surface area contributed by atoms with Gasteiger partial charge in [-0.15, -0.1) is 0 Å². The molecule has 0 spiro atoms. The third-order valence-electron chi connectivity index (χ3n) is 6.50. The van der Waals surface area contributed by atoms with Crippen molar-refractivity contribution in [2.24, 2.45) is 0 Å². The van der Waals surface area contributed by atoms with Crippen molar-refractivity contribution in [3.63, 3.8) is 0 Å². The molecular formula is C29H27NO5. The molecule has 0 radical (unpaired) electrons. The molecule has 35 heavy (non-hydrogen) atoms. The van der Waals surface area contributed by atoms with Crippen LogP contribution in [0.4, 0.5) is 5.69 Å². The highest BCUT2D eigenvalue weighted by Crippen LogP contribution is 2.44. The number of aliphatic hydroxyl groups is 1. The van der Waals surface area contributed by atoms with Gasteiger partial charge in [-0.25, -0.2) is 0 Å². The average molecular weight is 470 g/mol. The fourth-order valence-electron chi connectivity index (χ4n) is 4.63. The van der Waals surface area contributed by atoms with Crippen LogP contribution in [0.2, 0.25) is 0 Å². The number of carbonyl (C=O) groups excluding carboxylic acids is 2. The molecule has 3 aromatic carbocycles. The maximum atomic E-state index is 13.4. The Kier molecular flexibility index (Phi) is 6.27. The molecule has 2 aliphatic rings. The van der Waals surface area contributed by atoms with Crippen LogP contribution in [0, 0.1) is 0 Å². The summed E-state index contributed by atoms with van der Waals surface area (Å²) in [4.78, 5) is 28.3. The zero-order valence-corrected chi connectivity index (χ0v) is 19.6. The van der Waals surface area contributed by atoms with E-state index in [9.17, 15) is 14.7 Å². The molecule has 1 N–H and O–H groups in total. The SMILES string of the molecule is CCc1ccc(C2C(C(=O)CCc3ccccc3)=C(O)C(=O)N2c2ccc3c(c2)OCCO3)cc1. The molecule has 0 bridgehead atoms. The van der Waals surface area contributed by atoms with Gasteiger partial charge < -0.3 is 14.6 Å². The largest absolute Gasteiger partial charge is 0.503 e. The van der Waals surface area contributed by atoms with Gasteiger partial charge in [0.05, 0.1) is 11.6 Å². The Bertz CT molecular complexity index is 1280. The Balaban J connectivity index is 1.53. The Morgan fingerprint density at radius 2 is 1.66 bits per heavy atom. The summed E-state index contributed by atoms with van der Waals surface area (Å²) in [6, 6.07) is 22.0. The Morgan fingerprint density at radius 3 is 2.37 bits per heavy atom. The molecule has 178 valence electrons. The van der Waals surface area contributed by atoms with Crippen molar-refractivity contribution < 1.29 is 24.2 Å². The smallest absolute Gasteiger partial charge is 0.294 e. The van der Waals surface area contributed by atoms with Gasteiger partial charge in [0.25, 0.3) is 5.91 Å². The van der Waals surface area contributed by atoms with Gasteiger partial charge in [0.1, 0.15) is 13.2 Å². The van der Waals surface area contributed by atoms with E-state index in [-0.39, 0.29) is 17.8 Å². The number of ketones is 1. The minimum absolute atomic E-state index is 0.130. The average Bonchev–Trinajstić information content (AvgIpc) is 3.17. The first kappa shape index (κ1) is 22.7. The minimum atomic E-state index is -0.737. The summed E-state index contributed by atoms with van der Waals surface area (Å²) in [7, 11) is 0. The summed E-state index contributed by atoms with van der Waals surface area (Å²) >= 11 is 0. The first-order valence-corrected chi connectivity index (χ1v) is 11.9. The number of hydrogen-bond donors (Lipinski definition) is 1. The lowest BCUT2D eigenvalue weighted by molar-refractivity contribution is -0.118. The van der Waals surface area contributed by atoms with Gasteiger partial charge in [-0.1, -0.05) is 61.5 Å². The molecule has 1 amide bonds. The molecule has 2 heterocycles. The third-order valence-corrected chi connectivity index (χ3v) is 6.50. The molecule has 0 saturated heterocycles. The molecule has 6 heteroatoms. The standard InChI is InChI=1S/C29H27NO5/c1-2-19-8-11-21(12-9-19)27-26(23(31)14-10-20-6-4-3-5-7-20)28(32)29(33)30(27)22-13-15-24-25(18-22)35-17-16-34-24/h3-9,11-13,15,18,27,32H,2,10,14,16-17H2,1H3. The van der Waals surface area contributed by atoms with Crippen molar-refractivity contribution in [3.05, 3.63) is 101 Å². The maximum absolute atomic E-state index is 13.4. The summed E-state index contributed by atoms with van der Waals surface area (Å²) in [5.41, 5.74) is 3.59. The van der Waals surface area contributed by atoms with Gasteiger partial charge in [0.15, 0.2) is 23.0 Å². The molecular weight excluding hydrogens is 442 g/mol. The van der Waals surface area contributed by atoms with Crippen LogP contribution < -0.4 is 14.4 Å². The van der Waals surface area contributed by atoms with E-state index >= 15 is 0 Å². The lowest BCUT2D eigenvalue weighted by Crippen LogP contribution is -2.31. The van der Waals surface area contributed by atoms with Crippen LogP contribution in [0.5, 0.6) is 11.5 Å². The highest BCUT2D eigenvalue weighted by Gasteiger charge is 2.44. The highest BCUT2D eigenvalue weighted by atomic mass is 16.6. The van der Waals surface area contributed by atoms with Crippen LogP contribution in [0.25, 0.3) is 0 Å². The topological polar surface area (TPSA) is 76.1 Å². The van der Waals surface area contributed by atoms with E-state index in [0.29, 0.717) is 36.8 Å². The highest BCUT2D eigenvalue weighted by molar-refractivity contribution is 6.16. The van der Waals surface area contributed by atoms with E-state index in [1.807, 2.05) is 54.6 Å². The van der Waals surface area contributed by atoms with Crippen molar-refractivity contribution in [1.29, 1.82) is 0 Å². The van der Waals surface area contributed by atoms with Crippen LogP contribution in [-0.2, 0) is 22.4 Å². The number of fused-ring (bicyclic) bond motifs is 1. The molecule has 0 saturated carbocycles. The number of Topliss-reactive ketones (excluding diaryl/α,β-unsaturated/α-hetero) is 1. The first-order valence-electron chi connectivity index (χ1n) is 11.9. The summed E-state index contributed by atoms with van der Waals surface area (Å²) in [6.45, 7) is 2.95. The second-order valence-corrected chi connectivity index (χ2v) is 8.67. The number of carbonyl (C=O) groups is 2. The predicted octanol–water partition coefficient (Wildman–Crippen LogP) is 5.12. The van der Waals surface area contributed by atoms with E-state index in [1.54, 1.807) is 18.2 Å². The molecule has 0 aromatic heterocycles. The van der Waals surface area contributed by atoms with Crippen molar-refractivity contribution in [2.75, 3.05) is 18.1 Å². The number of ether oxygens (including phenoxy) is 2. The van der Waals surface area contributed by atoms with Crippen molar-refractivity contribution in [3.8, 4) is 11.5 Å². The zero-order valence-electron chi connectivity index (χ0n) is 19.6. The second-order valence-electron chi connectivity index (χ2n) is 8.67. The maximum Gasteiger partial charge on any atom is 0.294 e. The van der Waals surface area contributed by atoms with Gasteiger partial charge in [0, 0.05) is 18.2 Å². The predicted molar refractivity (Wildman–Crippen MR) is 133 cm³/mol. The van der Waals surface area contributed by atoms with Crippen molar-refractivity contribution in [1.82, 2.24) is 0 Å². The summed E-state index contributed by atoms with van der Waals surface area (Å²) in [5.74, 6) is -0.210. The molecule has 5 rings (SSSR count). The summed E-state index contributed by atoms with van der Waals surface area (Å²) < 4.78 is 11.3. The molecule has 0 aliphatic carbocycles. The number of amides is 1. The number of aliphatic hydroxyl groups excluding tert-OH is 1. The minimum Gasteiger partial charge on any atom is -0.503 e. The number of nitrogens with zero attached hydrogens (tertiary/aromatic N) is 1. The van der Waals surface area contributed by atoms with Crippen LogP contribution in [0.15, 0.2) is 84.1 Å². The Labute approximate surface area is 204 Å². The van der Waals surface area contributed by atoms with Crippen LogP contribution in [0.3, 0.4) is 0 Å². The number of rotatable bonds is 7. The molecule has 0 fully saturated rings. The number of aryl methyl sites for hydroxylation is 2. The quantitative estimate of drug-likeness (QED) is 0.520. The fourth-order valence-corrected chi connectivity index (χ4v) is 4.63. The number of benzene rings is 3. The zero-order chi connectivity index (χ0) is 24.4. The van der Waals surface area contributed by atoms with Crippen LogP contribution in [-0.4, -0.2) is 30.0 Å². The molecule has 1 atom stereocenters. The lowest BCUT2D eigenvalue weighted by atomic mass is 9.92. The van der Waals surface area contributed by atoms with E-state index < -0.39 is 17.7 Å². The molecule has 2 aliphatic heterocycles. The first-order chi connectivity index (χ1) is 17.1. The van der Waals surface area contributed by atoms with Crippen LogP contribution >= 0.6 is 0 Å². The van der Waals surface area contributed by atoms with E-state index in [2.05, 4.69) is 6.92 Å². The number of hydrogen-bond acceptors (Lipinski definition) is 5. The van der Waals surface area contributed by atoms with E-state index in [1.165, 1.54) is 4.90 Å². The molecule has 1 unspecified atom stereocenters. The van der Waals surface area contributed by atoms with Crippen LogP contribution in [0.1, 0.15) is 36.1 Å². The van der Waals surface area contributed by atoms with Gasteiger partial charge in [-0.3, -0.25) is 14.5 Å². The van der Waals surface area contributed by atoms with Gasteiger partial charge in [-0.05, 0) is 41.7 Å².